The van der Waals surface area contributed by atoms with Crippen molar-refractivity contribution in [3.05, 3.63) is 29.7 Å². The lowest BCUT2D eigenvalue weighted by Gasteiger charge is -2.22. The number of nitrogens with one attached hydrogen (secondary N) is 1. The van der Waals surface area contributed by atoms with E-state index < -0.39 is 0 Å². The summed E-state index contributed by atoms with van der Waals surface area (Å²) >= 11 is 0. The Morgan fingerprint density at radius 1 is 1.44 bits per heavy atom. The third-order valence-electron chi connectivity index (χ3n) is 3.32. The molecule has 0 spiro atoms. The van der Waals surface area contributed by atoms with E-state index in [0.717, 1.165) is 24.3 Å². The van der Waals surface area contributed by atoms with Gasteiger partial charge in [-0.2, -0.15) is 5.10 Å². The maximum Gasteiger partial charge on any atom is 0.157 e. The van der Waals surface area contributed by atoms with Crippen molar-refractivity contribution in [2.75, 3.05) is 13.1 Å². The Morgan fingerprint density at radius 2 is 2.38 bits per heavy atom. The van der Waals surface area contributed by atoms with Gasteiger partial charge in [-0.15, -0.1) is 0 Å². The van der Waals surface area contributed by atoms with Crippen molar-refractivity contribution < 1.29 is 0 Å². The van der Waals surface area contributed by atoms with Gasteiger partial charge in [-0.1, -0.05) is 0 Å². The number of hydrogen-bond acceptors (Lipinski definition) is 3. The molecule has 2 aromatic heterocycles. The zero-order chi connectivity index (χ0) is 11.0. The SMILES string of the molecule is Cc1cnn2cc(C3CCCNC3)cnc12. The third kappa shape index (κ3) is 1.59. The summed E-state index contributed by atoms with van der Waals surface area (Å²) in [4.78, 5) is 4.49. The van der Waals surface area contributed by atoms with E-state index in [2.05, 4.69) is 21.6 Å². The summed E-state index contributed by atoms with van der Waals surface area (Å²) in [6, 6.07) is 0. The molecule has 16 heavy (non-hydrogen) atoms. The Hall–Kier alpha value is -1.42. The van der Waals surface area contributed by atoms with Crippen LogP contribution in [-0.4, -0.2) is 27.7 Å². The zero-order valence-corrected chi connectivity index (χ0v) is 9.48. The molecule has 1 aliphatic rings. The van der Waals surface area contributed by atoms with Crippen molar-refractivity contribution in [3.63, 3.8) is 0 Å². The molecule has 84 valence electrons. The summed E-state index contributed by atoms with van der Waals surface area (Å²) in [6.07, 6.45) is 8.49. The Labute approximate surface area is 94.7 Å². The van der Waals surface area contributed by atoms with E-state index >= 15 is 0 Å². The molecule has 1 fully saturated rings. The first-order chi connectivity index (χ1) is 7.84. The van der Waals surface area contributed by atoms with E-state index in [4.69, 9.17) is 0 Å². The predicted octanol–water partition coefficient (Wildman–Crippen LogP) is 1.50. The highest BCUT2D eigenvalue weighted by molar-refractivity contribution is 5.45. The molecule has 3 heterocycles. The van der Waals surface area contributed by atoms with E-state index in [1.54, 1.807) is 0 Å². The lowest BCUT2D eigenvalue weighted by atomic mass is 9.94. The first-order valence-electron chi connectivity index (χ1n) is 5.85. The topological polar surface area (TPSA) is 42.2 Å². The second-order valence-electron chi connectivity index (χ2n) is 4.53. The number of rotatable bonds is 1. The van der Waals surface area contributed by atoms with Crippen LogP contribution in [-0.2, 0) is 0 Å². The molecular formula is C12H16N4. The summed E-state index contributed by atoms with van der Waals surface area (Å²) in [5.74, 6) is 0.593. The highest BCUT2D eigenvalue weighted by Gasteiger charge is 2.16. The fourth-order valence-corrected chi connectivity index (χ4v) is 2.35. The molecule has 0 aromatic carbocycles. The van der Waals surface area contributed by atoms with Gasteiger partial charge in [0, 0.05) is 24.5 Å². The number of hydrogen-bond donors (Lipinski definition) is 1. The fraction of sp³-hybridized carbons (Fsp3) is 0.500. The molecule has 0 amide bonds. The predicted molar refractivity (Wildman–Crippen MR) is 62.6 cm³/mol. The Morgan fingerprint density at radius 3 is 3.19 bits per heavy atom. The van der Waals surface area contributed by atoms with Crippen LogP contribution in [0, 0.1) is 6.92 Å². The normalized spacial score (nSPS) is 21.4. The number of nitrogens with zero attached hydrogens (tertiary/aromatic N) is 3. The van der Waals surface area contributed by atoms with Crippen molar-refractivity contribution in [2.45, 2.75) is 25.7 Å². The van der Waals surface area contributed by atoms with Crippen molar-refractivity contribution in [1.82, 2.24) is 19.9 Å². The Balaban J connectivity index is 1.97. The van der Waals surface area contributed by atoms with Gasteiger partial charge in [0.15, 0.2) is 5.65 Å². The van der Waals surface area contributed by atoms with Crippen molar-refractivity contribution in [1.29, 1.82) is 0 Å². The van der Waals surface area contributed by atoms with Gasteiger partial charge >= 0.3 is 0 Å². The minimum absolute atomic E-state index is 0.593. The quantitative estimate of drug-likeness (QED) is 0.785. The maximum atomic E-state index is 4.49. The fourth-order valence-electron chi connectivity index (χ4n) is 2.35. The minimum atomic E-state index is 0.593. The summed E-state index contributed by atoms with van der Waals surface area (Å²) < 4.78 is 1.89. The van der Waals surface area contributed by atoms with Gasteiger partial charge < -0.3 is 5.32 Å². The molecule has 1 saturated heterocycles. The Kier molecular flexibility index (Phi) is 2.36. The molecule has 1 atom stereocenters. The first kappa shape index (κ1) is 9.78. The molecule has 0 saturated carbocycles. The molecule has 3 rings (SSSR count). The van der Waals surface area contributed by atoms with Crippen LogP contribution < -0.4 is 5.32 Å². The van der Waals surface area contributed by atoms with Crippen molar-refractivity contribution in [2.24, 2.45) is 0 Å². The van der Waals surface area contributed by atoms with Crippen LogP contribution in [0.3, 0.4) is 0 Å². The van der Waals surface area contributed by atoms with Crippen LogP contribution in [0.5, 0.6) is 0 Å². The molecule has 1 aliphatic heterocycles. The van der Waals surface area contributed by atoms with Gasteiger partial charge in [-0.3, -0.25) is 0 Å². The monoisotopic (exact) mass is 216 g/mol. The molecule has 0 radical (unpaired) electrons. The molecule has 1 N–H and O–H groups in total. The van der Waals surface area contributed by atoms with Crippen LogP contribution >= 0.6 is 0 Å². The summed E-state index contributed by atoms with van der Waals surface area (Å²) in [6.45, 7) is 4.25. The number of aromatic nitrogens is 3. The summed E-state index contributed by atoms with van der Waals surface area (Å²) in [5, 5.41) is 7.74. The van der Waals surface area contributed by atoms with Gasteiger partial charge in [0.25, 0.3) is 0 Å². The van der Waals surface area contributed by atoms with E-state index in [1.165, 1.54) is 18.4 Å². The lowest BCUT2D eigenvalue weighted by molar-refractivity contribution is 0.459. The van der Waals surface area contributed by atoms with Gasteiger partial charge in [0.2, 0.25) is 0 Å². The molecule has 1 unspecified atom stereocenters. The van der Waals surface area contributed by atoms with Gasteiger partial charge in [0.05, 0.1) is 6.20 Å². The second-order valence-corrected chi connectivity index (χ2v) is 4.53. The first-order valence-corrected chi connectivity index (χ1v) is 5.85. The Bertz CT molecular complexity index is 497. The highest BCUT2D eigenvalue weighted by Crippen LogP contribution is 2.22. The average Bonchev–Trinajstić information content (AvgIpc) is 2.72. The van der Waals surface area contributed by atoms with E-state index in [0.29, 0.717) is 5.92 Å². The molecule has 2 aromatic rings. The number of aryl methyl sites for hydroxylation is 1. The number of fused-ring (bicyclic) bond motifs is 1. The zero-order valence-electron chi connectivity index (χ0n) is 9.48. The minimum Gasteiger partial charge on any atom is -0.316 e. The van der Waals surface area contributed by atoms with Crippen LogP contribution in [0.15, 0.2) is 18.6 Å². The third-order valence-corrected chi connectivity index (χ3v) is 3.32. The molecule has 0 aliphatic carbocycles. The van der Waals surface area contributed by atoms with Crippen LogP contribution in [0.25, 0.3) is 5.65 Å². The maximum absolute atomic E-state index is 4.49. The molecule has 4 heteroatoms. The second kappa shape index (κ2) is 3.87. The standard InChI is InChI=1S/C12H16N4/c1-9-5-15-16-8-11(7-14-12(9)16)10-3-2-4-13-6-10/h5,7-8,10,13H,2-4,6H2,1H3. The van der Waals surface area contributed by atoms with Crippen molar-refractivity contribution >= 4 is 5.65 Å². The van der Waals surface area contributed by atoms with Gasteiger partial charge in [0.1, 0.15) is 0 Å². The summed E-state index contributed by atoms with van der Waals surface area (Å²) in [7, 11) is 0. The van der Waals surface area contributed by atoms with E-state index in [-0.39, 0.29) is 0 Å². The highest BCUT2D eigenvalue weighted by atomic mass is 15.2. The van der Waals surface area contributed by atoms with Crippen LogP contribution in [0.2, 0.25) is 0 Å². The molecule has 0 bridgehead atoms. The van der Waals surface area contributed by atoms with Crippen molar-refractivity contribution in [3.8, 4) is 0 Å². The lowest BCUT2D eigenvalue weighted by Crippen LogP contribution is -2.28. The molecular weight excluding hydrogens is 200 g/mol. The van der Waals surface area contributed by atoms with Gasteiger partial charge in [-0.05, 0) is 37.8 Å². The largest absolute Gasteiger partial charge is 0.316 e. The smallest absolute Gasteiger partial charge is 0.157 e. The van der Waals surface area contributed by atoms with Crippen LogP contribution in [0.4, 0.5) is 0 Å². The molecule has 4 nitrogen and oxygen atoms in total. The average molecular weight is 216 g/mol. The van der Waals surface area contributed by atoms with Gasteiger partial charge in [-0.25, -0.2) is 9.50 Å². The van der Waals surface area contributed by atoms with E-state index in [9.17, 15) is 0 Å². The number of piperidine rings is 1. The van der Waals surface area contributed by atoms with Crippen LogP contribution in [0.1, 0.15) is 29.9 Å². The summed E-state index contributed by atoms with van der Waals surface area (Å²) in [5.41, 5.74) is 3.39. The van der Waals surface area contributed by atoms with E-state index in [1.807, 2.05) is 23.8 Å².